The smallest absolute Gasteiger partial charge is 0.378 e. The van der Waals surface area contributed by atoms with Crippen LogP contribution in [0, 0.1) is 5.82 Å². The van der Waals surface area contributed by atoms with Gasteiger partial charge in [0.1, 0.15) is 5.82 Å². The third kappa shape index (κ3) is 3.59. The van der Waals surface area contributed by atoms with Gasteiger partial charge >= 0.3 is 6.18 Å². The average Bonchev–Trinajstić information content (AvgIpc) is 2.53. The van der Waals surface area contributed by atoms with Crippen molar-refractivity contribution < 1.29 is 22.7 Å². The Morgan fingerprint density at radius 1 is 0.958 bits per heavy atom. The minimum atomic E-state index is -4.95. The second-order valence-corrected chi connectivity index (χ2v) is 5.56. The minimum absolute atomic E-state index is 0.0370. The molecule has 0 radical (unpaired) electrons. The number of rotatable bonds is 4. The quantitative estimate of drug-likeness (QED) is 0.837. The summed E-state index contributed by atoms with van der Waals surface area (Å²) < 4.78 is 53.9. The van der Waals surface area contributed by atoms with Crippen LogP contribution in [0.5, 0.6) is 0 Å². The first kappa shape index (κ1) is 18.0. The summed E-state index contributed by atoms with van der Waals surface area (Å²) in [7, 11) is 3.51. The molecule has 0 aliphatic carbocycles. The number of halogens is 4. The van der Waals surface area contributed by atoms with Crippen LogP contribution in [-0.2, 0) is 5.60 Å². The predicted octanol–water partition coefficient (Wildman–Crippen LogP) is 4.36. The maximum atomic E-state index is 13.6. The van der Waals surface area contributed by atoms with E-state index in [0.29, 0.717) is 11.8 Å². The van der Waals surface area contributed by atoms with Crippen LogP contribution in [0.15, 0.2) is 54.6 Å². The van der Waals surface area contributed by atoms with Crippen LogP contribution in [0.4, 0.5) is 23.2 Å². The van der Waals surface area contributed by atoms with Gasteiger partial charge in [-0.15, -0.1) is 0 Å². The summed E-state index contributed by atoms with van der Waals surface area (Å²) in [5.41, 5.74) is -2.89. The van der Waals surface area contributed by atoms with E-state index in [9.17, 15) is 22.7 Å². The fourth-order valence-corrected chi connectivity index (χ4v) is 2.19. The van der Waals surface area contributed by atoms with Crippen molar-refractivity contribution in [1.29, 1.82) is 0 Å². The lowest BCUT2D eigenvalue weighted by Gasteiger charge is -2.28. The van der Waals surface area contributed by atoms with E-state index in [4.69, 9.17) is 0 Å². The zero-order valence-electron chi connectivity index (χ0n) is 13.2. The van der Waals surface area contributed by atoms with Crippen molar-refractivity contribution in [2.24, 2.45) is 0 Å². The van der Waals surface area contributed by atoms with Crippen LogP contribution >= 0.6 is 0 Å². The zero-order valence-corrected chi connectivity index (χ0v) is 13.2. The van der Waals surface area contributed by atoms with E-state index in [-0.39, 0.29) is 11.1 Å². The molecule has 0 fully saturated rings. The van der Waals surface area contributed by atoms with Gasteiger partial charge in [-0.1, -0.05) is 36.4 Å². The number of nitrogens with zero attached hydrogens (tertiary/aromatic N) is 1. The van der Waals surface area contributed by atoms with Gasteiger partial charge in [0.05, 0.1) is 0 Å². The van der Waals surface area contributed by atoms with Gasteiger partial charge in [-0.3, -0.25) is 0 Å². The molecule has 1 unspecified atom stereocenters. The van der Waals surface area contributed by atoms with E-state index < -0.39 is 17.6 Å². The Kier molecular flexibility index (Phi) is 4.99. The normalized spacial score (nSPS) is 14.6. The summed E-state index contributed by atoms with van der Waals surface area (Å²) >= 11 is 0. The molecule has 0 bridgehead atoms. The Hall–Kier alpha value is -2.34. The first-order chi connectivity index (χ1) is 11.1. The maximum absolute atomic E-state index is 13.6. The van der Waals surface area contributed by atoms with Crippen molar-refractivity contribution in [3.63, 3.8) is 0 Å². The molecule has 1 N–H and O–H groups in total. The van der Waals surface area contributed by atoms with Gasteiger partial charge < -0.3 is 10.0 Å². The second-order valence-electron chi connectivity index (χ2n) is 5.56. The summed E-state index contributed by atoms with van der Waals surface area (Å²) in [6, 6.07) is 10.8. The van der Waals surface area contributed by atoms with Crippen molar-refractivity contribution in [2.75, 3.05) is 19.0 Å². The van der Waals surface area contributed by atoms with Gasteiger partial charge in [-0.05, 0) is 29.8 Å². The molecule has 0 saturated heterocycles. The molecule has 0 aromatic heterocycles. The molecule has 2 aromatic carbocycles. The SMILES string of the molecule is CN(C)c1ccc(C(O)(C=Cc2ccccc2F)C(F)(F)F)cc1. The minimum Gasteiger partial charge on any atom is -0.378 e. The largest absolute Gasteiger partial charge is 0.425 e. The van der Waals surface area contributed by atoms with E-state index in [2.05, 4.69) is 0 Å². The fourth-order valence-electron chi connectivity index (χ4n) is 2.19. The molecule has 0 aliphatic rings. The number of aliphatic hydroxyl groups is 1. The lowest BCUT2D eigenvalue weighted by Crippen LogP contribution is -2.40. The fraction of sp³-hybridized carbons (Fsp3) is 0.222. The van der Waals surface area contributed by atoms with Crippen molar-refractivity contribution in [3.8, 4) is 0 Å². The first-order valence-corrected chi connectivity index (χ1v) is 7.16. The van der Waals surface area contributed by atoms with Crippen LogP contribution in [0.25, 0.3) is 6.08 Å². The van der Waals surface area contributed by atoms with Crippen LogP contribution < -0.4 is 4.90 Å². The number of hydrogen-bond donors (Lipinski definition) is 1. The average molecular weight is 339 g/mol. The molecule has 2 aromatic rings. The lowest BCUT2D eigenvalue weighted by atomic mass is 9.91. The zero-order chi connectivity index (χ0) is 18.0. The standard InChI is InChI=1S/C18H17F4NO/c1-23(2)15-9-7-14(8-10-15)17(24,18(20,21)22)12-11-13-5-3-4-6-16(13)19/h3-12,24H,1-2H3. The van der Waals surface area contributed by atoms with Gasteiger partial charge in [0.15, 0.2) is 0 Å². The molecule has 24 heavy (non-hydrogen) atoms. The van der Waals surface area contributed by atoms with Crippen molar-refractivity contribution in [3.05, 3.63) is 71.6 Å². The van der Waals surface area contributed by atoms with E-state index in [1.807, 2.05) is 0 Å². The van der Waals surface area contributed by atoms with E-state index in [1.54, 1.807) is 19.0 Å². The third-order valence-corrected chi connectivity index (χ3v) is 3.67. The number of hydrogen-bond acceptors (Lipinski definition) is 2. The summed E-state index contributed by atoms with van der Waals surface area (Å²) in [5, 5.41) is 10.3. The number of benzene rings is 2. The molecule has 0 amide bonds. The Labute approximate surface area is 137 Å². The molecule has 0 heterocycles. The van der Waals surface area contributed by atoms with Gasteiger partial charge in [-0.2, -0.15) is 13.2 Å². The van der Waals surface area contributed by atoms with Gasteiger partial charge in [-0.25, -0.2) is 4.39 Å². The molecule has 2 nitrogen and oxygen atoms in total. The monoisotopic (exact) mass is 339 g/mol. The Morgan fingerprint density at radius 2 is 1.54 bits per heavy atom. The van der Waals surface area contributed by atoms with Crippen molar-refractivity contribution in [1.82, 2.24) is 0 Å². The summed E-state index contributed by atoms with van der Waals surface area (Å²) in [6.45, 7) is 0. The molecule has 0 saturated carbocycles. The summed E-state index contributed by atoms with van der Waals surface area (Å²) in [4.78, 5) is 1.73. The van der Waals surface area contributed by atoms with Gasteiger partial charge in [0.25, 0.3) is 0 Å². The first-order valence-electron chi connectivity index (χ1n) is 7.16. The lowest BCUT2D eigenvalue weighted by molar-refractivity contribution is -0.244. The highest BCUT2D eigenvalue weighted by Gasteiger charge is 2.53. The highest BCUT2D eigenvalue weighted by molar-refractivity contribution is 5.54. The Bertz CT molecular complexity index is 723. The summed E-state index contributed by atoms with van der Waals surface area (Å²) in [6.07, 6.45) is -3.45. The van der Waals surface area contributed by atoms with Crippen molar-refractivity contribution in [2.45, 2.75) is 11.8 Å². The third-order valence-electron chi connectivity index (χ3n) is 3.67. The molecule has 2 rings (SSSR count). The van der Waals surface area contributed by atoms with Gasteiger partial charge in [0.2, 0.25) is 5.60 Å². The van der Waals surface area contributed by atoms with Gasteiger partial charge in [0, 0.05) is 25.3 Å². The molecular weight excluding hydrogens is 322 g/mol. The van der Waals surface area contributed by atoms with E-state index >= 15 is 0 Å². The van der Waals surface area contributed by atoms with E-state index in [0.717, 1.165) is 12.1 Å². The van der Waals surface area contributed by atoms with Crippen molar-refractivity contribution >= 4 is 11.8 Å². The topological polar surface area (TPSA) is 23.5 Å². The molecular formula is C18H17F4NO. The highest BCUT2D eigenvalue weighted by Crippen LogP contribution is 2.41. The second kappa shape index (κ2) is 6.65. The molecule has 0 aliphatic heterocycles. The highest BCUT2D eigenvalue weighted by atomic mass is 19.4. The molecule has 6 heteroatoms. The summed E-state index contributed by atoms with van der Waals surface area (Å²) in [5.74, 6) is -0.666. The van der Waals surface area contributed by atoms with Crippen LogP contribution in [0.3, 0.4) is 0 Å². The van der Waals surface area contributed by atoms with Crippen LogP contribution in [0.2, 0.25) is 0 Å². The predicted molar refractivity (Wildman–Crippen MR) is 86.2 cm³/mol. The molecule has 128 valence electrons. The van der Waals surface area contributed by atoms with Crippen LogP contribution in [-0.4, -0.2) is 25.4 Å². The Morgan fingerprint density at radius 3 is 2.04 bits per heavy atom. The van der Waals surface area contributed by atoms with Crippen LogP contribution in [0.1, 0.15) is 11.1 Å². The number of anilines is 1. The molecule has 1 atom stereocenters. The maximum Gasteiger partial charge on any atom is 0.425 e. The Balaban J connectivity index is 2.45. The number of alkyl halides is 3. The van der Waals surface area contributed by atoms with E-state index in [1.165, 1.54) is 42.5 Å². The molecule has 0 spiro atoms.